The number of ether oxygens (including phenoxy) is 2. The molecule has 0 spiro atoms. The number of hydrogen-bond donors (Lipinski definition) is 2. The summed E-state index contributed by atoms with van der Waals surface area (Å²) in [6, 6.07) is 3.75. The lowest BCUT2D eigenvalue weighted by atomic mass is 10.1. The molecule has 0 aliphatic carbocycles. The highest BCUT2D eigenvalue weighted by molar-refractivity contribution is 7.89. The van der Waals surface area contributed by atoms with Crippen LogP contribution >= 0.6 is 0 Å². The Balaban J connectivity index is 1.81. The van der Waals surface area contributed by atoms with Crippen LogP contribution in [0.25, 0.3) is 0 Å². The van der Waals surface area contributed by atoms with E-state index < -0.39 is 16.1 Å². The van der Waals surface area contributed by atoms with E-state index in [2.05, 4.69) is 10.0 Å². The van der Waals surface area contributed by atoms with Gasteiger partial charge in [0.05, 0.1) is 18.1 Å². The zero-order chi connectivity index (χ0) is 16.3. The molecule has 1 fully saturated rings. The van der Waals surface area contributed by atoms with E-state index in [1.165, 1.54) is 12.1 Å². The second-order valence-electron chi connectivity index (χ2n) is 5.62. The largest absolute Gasteiger partial charge is 0.490 e. The van der Waals surface area contributed by atoms with Crippen LogP contribution in [0.2, 0.25) is 0 Å². The topological polar surface area (TPSA) is 93.7 Å². The molecule has 0 aromatic heterocycles. The smallest absolute Gasteiger partial charge is 0.241 e. The van der Waals surface area contributed by atoms with E-state index in [4.69, 9.17) is 9.47 Å². The molecule has 0 saturated carbocycles. The van der Waals surface area contributed by atoms with Crippen molar-refractivity contribution >= 4 is 15.9 Å². The fourth-order valence-corrected chi connectivity index (χ4v) is 3.86. The minimum atomic E-state index is -3.80. The van der Waals surface area contributed by atoms with Gasteiger partial charge in [0.15, 0.2) is 11.5 Å². The van der Waals surface area contributed by atoms with Crippen molar-refractivity contribution in [1.82, 2.24) is 10.0 Å². The number of sulfonamides is 1. The third-order valence-electron chi connectivity index (χ3n) is 3.86. The van der Waals surface area contributed by atoms with Crippen molar-refractivity contribution < 1.29 is 22.7 Å². The molecular formula is C15H20N2O5S. The minimum Gasteiger partial charge on any atom is -0.490 e. The molecule has 1 aromatic carbocycles. The molecule has 8 heteroatoms. The van der Waals surface area contributed by atoms with Gasteiger partial charge in [-0.1, -0.05) is 0 Å². The van der Waals surface area contributed by atoms with Gasteiger partial charge in [0.25, 0.3) is 0 Å². The number of fused-ring (bicyclic) bond motifs is 1. The first-order valence-electron chi connectivity index (χ1n) is 7.76. The summed E-state index contributed by atoms with van der Waals surface area (Å²) in [5.41, 5.74) is 0. The van der Waals surface area contributed by atoms with Crippen LogP contribution in [0.15, 0.2) is 23.1 Å². The number of hydrogen-bond acceptors (Lipinski definition) is 5. The average molecular weight is 340 g/mol. The quantitative estimate of drug-likeness (QED) is 0.849. The molecule has 7 nitrogen and oxygen atoms in total. The van der Waals surface area contributed by atoms with Crippen molar-refractivity contribution in [1.29, 1.82) is 0 Å². The summed E-state index contributed by atoms with van der Waals surface area (Å²) < 4.78 is 38.6. The number of amides is 1. The highest BCUT2D eigenvalue weighted by Crippen LogP contribution is 2.32. The van der Waals surface area contributed by atoms with Crippen LogP contribution in [0.1, 0.15) is 25.7 Å². The third-order valence-corrected chi connectivity index (χ3v) is 5.33. The summed E-state index contributed by atoms with van der Waals surface area (Å²) in [6.45, 7) is 1.61. The van der Waals surface area contributed by atoms with E-state index in [0.29, 0.717) is 37.7 Å². The van der Waals surface area contributed by atoms with Gasteiger partial charge in [-0.15, -0.1) is 0 Å². The van der Waals surface area contributed by atoms with Crippen molar-refractivity contribution in [3.8, 4) is 11.5 Å². The van der Waals surface area contributed by atoms with Gasteiger partial charge in [-0.3, -0.25) is 4.79 Å². The summed E-state index contributed by atoms with van der Waals surface area (Å²) in [6.07, 6.45) is 2.90. The SMILES string of the molecule is O=C1NCCCCC1NS(=O)(=O)c1ccc2c(c1)OCCCO2. The zero-order valence-electron chi connectivity index (χ0n) is 12.7. The summed E-state index contributed by atoms with van der Waals surface area (Å²) in [4.78, 5) is 12.0. The maximum atomic E-state index is 12.5. The third kappa shape index (κ3) is 3.76. The first kappa shape index (κ1) is 16.1. The highest BCUT2D eigenvalue weighted by Gasteiger charge is 2.27. The van der Waals surface area contributed by atoms with Crippen molar-refractivity contribution in [3.05, 3.63) is 18.2 Å². The Morgan fingerprint density at radius 2 is 1.87 bits per heavy atom. The van der Waals surface area contributed by atoms with Gasteiger partial charge in [-0.25, -0.2) is 8.42 Å². The molecule has 1 atom stereocenters. The first-order valence-corrected chi connectivity index (χ1v) is 9.24. The predicted octanol–water partition coefficient (Wildman–Crippen LogP) is 0.795. The van der Waals surface area contributed by atoms with Crippen LogP contribution in [-0.4, -0.2) is 40.1 Å². The molecule has 2 heterocycles. The molecule has 2 N–H and O–H groups in total. The van der Waals surface area contributed by atoms with Gasteiger partial charge in [0, 0.05) is 19.0 Å². The van der Waals surface area contributed by atoms with Crippen LogP contribution < -0.4 is 19.5 Å². The first-order chi connectivity index (χ1) is 11.1. The Hall–Kier alpha value is -1.80. The zero-order valence-corrected chi connectivity index (χ0v) is 13.5. The second-order valence-corrected chi connectivity index (χ2v) is 7.33. The Morgan fingerprint density at radius 1 is 1.09 bits per heavy atom. The second kappa shape index (κ2) is 6.76. The van der Waals surface area contributed by atoms with Gasteiger partial charge in [-0.2, -0.15) is 4.72 Å². The molecule has 23 heavy (non-hydrogen) atoms. The maximum Gasteiger partial charge on any atom is 0.241 e. The van der Waals surface area contributed by atoms with Crippen LogP contribution in [0.3, 0.4) is 0 Å². The van der Waals surface area contributed by atoms with Gasteiger partial charge in [0.2, 0.25) is 15.9 Å². The van der Waals surface area contributed by atoms with E-state index >= 15 is 0 Å². The number of nitrogens with one attached hydrogen (secondary N) is 2. The summed E-state index contributed by atoms with van der Waals surface area (Å²) in [5.74, 6) is 0.671. The normalized spacial score (nSPS) is 21.9. The Bertz CT molecular complexity index is 689. The number of benzene rings is 1. The van der Waals surface area contributed by atoms with Crippen molar-refractivity contribution in [3.63, 3.8) is 0 Å². The Kier molecular flexibility index (Phi) is 4.72. The lowest BCUT2D eigenvalue weighted by Crippen LogP contribution is -2.45. The van der Waals surface area contributed by atoms with Crippen LogP contribution in [-0.2, 0) is 14.8 Å². The van der Waals surface area contributed by atoms with Gasteiger partial charge in [0.1, 0.15) is 6.04 Å². The van der Waals surface area contributed by atoms with Crippen molar-refractivity contribution in [2.24, 2.45) is 0 Å². The van der Waals surface area contributed by atoms with Crippen LogP contribution in [0, 0.1) is 0 Å². The minimum absolute atomic E-state index is 0.0683. The molecule has 1 aromatic rings. The Morgan fingerprint density at radius 3 is 2.70 bits per heavy atom. The van der Waals surface area contributed by atoms with E-state index in [0.717, 1.165) is 19.3 Å². The standard InChI is InChI=1S/C15H20N2O5S/c18-15-12(4-1-2-7-16-15)17-23(19,20)11-5-6-13-14(10-11)22-9-3-8-21-13/h5-6,10,12,17H,1-4,7-9H2,(H,16,18). The fraction of sp³-hybridized carbons (Fsp3) is 0.533. The molecule has 1 amide bonds. The molecule has 0 radical (unpaired) electrons. The van der Waals surface area contributed by atoms with E-state index in [-0.39, 0.29) is 10.8 Å². The van der Waals surface area contributed by atoms with E-state index in [1.54, 1.807) is 6.07 Å². The predicted molar refractivity (Wildman–Crippen MR) is 83.0 cm³/mol. The maximum absolute atomic E-state index is 12.5. The van der Waals surface area contributed by atoms with Crippen LogP contribution in [0.4, 0.5) is 0 Å². The van der Waals surface area contributed by atoms with Gasteiger partial charge in [-0.05, 0) is 31.4 Å². The summed E-state index contributed by atoms with van der Waals surface area (Å²) >= 11 is 0. The van der Waals surface area contributed by atoms with Gasteiger partial charge < -0.3 is 14.8 Å². The lowest BCUT2D eigenvalue weighted by Gasteiger charge is -2.16. The highest BCUT2D eigenvalue weighted by atomic mass is 32.2. The number of carbonyl (C=O) groups is 1. The van der Waals surface area contributed by atoms with Crippen molar-refractivity contribution in [2.45, 2.75) is 36.6 Å². The van der Waals surface area contributed by atoms with Crippen LogP contribution in [0.5, 0.6) is 11.5 Å². The monoisotopic (exact) mass is 340 g/mol. The number of rotatable bonds is 3. The molecular weight excluding hydrogens is 320 g/mol. The molecule has 1 saturated heterocycles. The van der Waals surface area contributed by atoms with E-state index in [9.17, 15) is 13.2 Å². The Labute approximate surface area is 135 Å². The lowest BCUT2D eigenvalue weighted by molar-refractivity contribution is -0.122. The average Bonchev–Trinajstić information content (AvgIpc) is 2.87. The summed E-state index contributed by atoms with van der Waals surface area (Å²) in [7, 11) is -3.80. The molecule has 2 aliphatic rings. The molecule has 1 unspecified atom stereocenters. The van der Waals surface area contributed by atoms with Gasteiger partial charge >= 0.3 is 0 Å². The summed E-state index contributed by atoms with van der Waals surface area (Å²) in [5, 5.41) is 2.72. The van der Waals surface area contributed by atoms with Crippen molar-refractivity contribution in [2.75, 3.05) is 19.8 Å². The molecule has 2 aliphatic heterocycles. The fourth-order valence-electron chi connectivity index (χ4n) is 2.62. The molecule has 126 valence electrons. The molecule has 0 bridgehead atoms. The van der Waals surface area contributed by atoms with E-state index in [1.807, 2.05) is 0 Å². The molecule has 3 rings (SSSR count). The number of carbonyl (C=O) groups excluding carboxylic acids is 1.